The van der Waals surface area contributed by atoms with E-state index in [-0.39, 0.29) is 11.7 Å². The van der Waals surface area contributed by atoms with Crippen LogP contribution in [-0.2, 0) is 0 Å². The third-order valence-electron chi connectivity index (χ3n) is 4.43. The quantitative estimate of drug-likeness (QED) is 0.452. The van der Waals surface area contributed by atoms with Crippen LogP contribution in [0.25, 0.3) is 22.4 Å². The van der Waals surface area contributed by atoms with Crippen molar-refractivity contribution in [2.45, 2.75) is 0 Å². The second kappa shape index (κ2) is 8.24. The van der Waals surface area contributed by atoms with Gasteiger partial charge in [0.15, 0.2) is 16.7 Å². The Bertz CT molecular complexity index is 1140. The molecule has 4 aromatic rings. The molecule has 4 nitrogen and oxygen atoms in total. The van der Waals surface area contributed by atoms with Crippen LogP contribution in [0.4, 0.5) is 9.52 Å². The first-order valence-electron chi connectivity index (χ1n) is 8.90. The summed E-state index contributed by atoms with van der Waals surface area (Å²) >= 11 is 1.29. The van der Waals surface area contributed by atoms with E-state index in [0.717, 1.165) is 11.1 Å². The lowest BCUT2D eigenvalue weighted by Gasteiger charge is -2.05. The molecule has 0 radical (unpaired) electrons. The van der Waals surface area contributed by atoms with Crippen molar-refractivity contribution in [2.24, 2.45) is 0 Å². The van der Waals surface area contributed by atoms with Gasteiger partial charge in [-0.3, -0.25) is 10.1 Å². The first-order chi connectivity index (χ1) is 14.1. The summed E-state index contributed by atoms with van der Waals surface area (Å²) in [7, 11) is 1.42. The number of amides is 1. The summed E-state index contributed by atoms with van der Waals surface area (Å²) < 4.78 is 18.8. The summed E-state index contributed by atoms with van der Waals surface area (Å²) in [6, 6.07) is 22.0. The van der Waals surface area contributed by atoms with Crippen molar-refractivity contribution in [3.63, 3.8) is 0 Å². The standard InChI is InChI=1S/C23H17FN2O2S/c1-28-21-12-11-18(13-19(21)24)20-14-29-23(25-20)26-22(27)17-9-7-16(8-10-17)15-5-3-2-4-6-15/h2-14H,1H3,(H,25,26,27). The van der Waals surface area contributed by atoms with Gasteiger partial charge in [0.05, 0.1) is 12.8 Å². The molecule has 0 aliphatic heterocycles. The van der Waals surface area contributed by atoms with Crippen LogP contribution < -0.4 is 10.1 Å². The maximum absolute atomic E-state index is 13.9. The largest absolute Gasteiger partial charge is 0.494 e. The predicted octanol–water partition coefficient (Wildman–Crippen LogP) is 5.88. The molecule has 0 saturated heterocycles. The van der Waals surface area contributed by atoms with Crippen LogP contribution in [0.1, 0.15) is 10.4 Å². The Balaban J connectivity index is 1.47. The van der Waals surface area contributed by atoms with Crippen LogP contribution in [0.15, 0.2) is 78.2 Å². The summed E-state index contributed by atoms with van der Waals surface area (Å²) in [4.78, 5) is 16.9. The summed E-state index contributed by atoms with van der Waals surface area (Å²) in [5.74, 6) is -0.523. The van der Waals surface area contributed by atoms with E-state index < -0.39 is 5.82 Å². The van der Waals surface area contributed by atoms with Crippen LogP contribution >= 0.6 is 11.3 Å². The van der Waals surface area contributed by atoms with Crippen molar-refractivity contribution in [3.8, 4) is 28.1 Å². The monoisotopic (exact) mass is 404 g/mol. The second-order valence-electron chi connectivity index (χ2n) is 6.28. The van der Waals surface area contributed by atoms with Gasteiger partial charge in [0.2, 0.25) is 0 Å². The van der Waals surface area contributed by atoms with Crippen molar-refractivity contribution in [1.29, 1.82) is 0 Å². The first kappa shape index (κ1) is 18.8. The fourth-order valence-electron chi connectivity index (χ4n) is 2.90. The minimum atomic E-state index is -0.456. The number of carbonyl (C=O) groups is 1. The zero-order chi connectivity index (χ0) is 20.2. The maximum atomic E-state index is 13.9. The van der Waals surface area contributed by atoms with Crippen molar-refractivity contribution in [2.75, 3.05) is 12.4 Å². The average molecular weight is 404 g/mol. The lowest BCUT2D eigenvalue weighted by atomic mass is 10.0. The lowest BCUT2D eigenvalue weighted by molar-refractivity contribution is 0.102. The van der Waals surface area contributed by atoms with Crippen molar-refractivity contribution in [3.05, 3.63) is 89.6 Å². The number of anilines is 1. The second-order valence-corrected chi connectivity index (χ2v) is 7.14. The van der Waals surface area contributed by atoms with E-state index in [9.17, 15) is 9.18 Å². The highest BCUT2D eigenvalue weighted by Gasteiger charge is 2.12. The minimum absolute atomic E-state index is 0.177. The number of carbonyl (C=O) groups excluding carboxylic acids is 1. The van der Waals surface area contributed by atoms with Gasteiger partial charge in [0.1, 0.15) is 0 Å². The van der Waals surface area contributed by atoms with Gasteiger partial charge in [-0.15, -0.1) is 11.3 Å². The molecule has 4 rings (SSSR count). The summed E-state index contributed by atoms with van der Waals surface area (Å²) in [6.07, 6.45) is 0. The number of benzene rings is 3. The highest BCUT2D eigenvalue weighted by Crippen LogP contribution is 2.28. The normalized spacial score (nSPS) is 10.6. The Labute approximate surface area is 171 Å². The number of ether oxygens (including phenoxy) is 1. The molecule has 29 heavy (non-hydrogen) atoms. The van der Waals surface area contributed by atoms with E-state index in [0.29, 0.717) is 22.0 Å². The number of rotatable bonds is 5. The average Bonchev–Trinajstić information content (AvgIpc) is 3.23. The van der Waals surface area contributed by atoms with Crippen LogP contribution in [0.3, 0.4) is 0 Å². The van der Waals surface area contributed by atoms with Gasteiger partial charge in [-0.1, -0.05) is 42.5 Å². The van der Waals surface area contributed by atoms with Gasteiger partial charge in [0, 0.05) is 16.5 Å². The van der Waals surface area contributed by atoms with Gasteiger partial charge in [-0.05, 0) is 41.5 Å². The van der Waals surface area contributed by atoms with Crippen LogP contribution in [-0.4, -0.2) is 18.0 Å². The number of halogens is 1. The van der Waals surface area contributed by atoms with Gasteiger partial charge in [-0.25, -0.2) is 9.37 Å². The number of methoxy groups -OCH3 is 1. The molecule has 1 heterocycles. The number of nitrogens with zero attached hydrogens (tertiary/aromatic N) is 1. The minimum Gasteiger partial charge on any atom is -0.494 e. The smallest absolute Gasteiger partial charge is 0.257 e. The highest BCUT2D eigenvalue weighted by molar-refractivity contribution is 7.14. The fraction of sp³-hybridized carbons (Fsp3) is 0.0435. The Kier molecular flexibility index (Phi) is 5.35. The lowest BCUT2D eigenvalue weighted by Crippen LogP contribution is -2.11. The molecular formula is C23H17FN2O2S. The first-order valence-corrected chi connectivity index (χ1v) is 9.78. The van der Waals surface area contributed by atoms with Crippen LogP contribution in [0.2, 0.25) is 0 Å². The Morgan fingerprint density at radius 3 is 2.34 bits per heavy atom. The Morgan fingerprint density at radius 2 is 1.66 bits per heavy atom. The van der Waals surface area contributed by atoms with Gasteiger partial charge in [-0.2, -0.15) is 0 Å². The molecule has 0 spiro atoms. The highest BCUT2D eigenvalue weighted by atomic mass is 32.1. The molecule has 1 N–H and O–H groups in total. The molecule has 3 aromatic carbocycles. The molecule has 0 unspecified atom stereocenters. The third-order valence-corrected chi connectivity index (χ3v) is 5.18. The predicted molar refractivity (Wildman–Crippen MR) is 114 cm³/mol. The van der Waals surface area contributed by atoms with E-state index in [1.165, 1.54) is 24.5 Å². The summed E-state index contributed by atoms with van der Waals surface area (Å²) in [5.41, 5.74) is 3.88. The van der Waals surface area contributed by atoms with Gasteiger partial charge in [0.25, 0.3) is 5.91 Å². The Hall–Kier alpha value is -3.51. The number of hydrogen-bond donors (Lipinski definition) is 1. The molecule has 6 heteroatoms. The van der Waals surface area contributed by atoms with Gasteiger partial charge < -0.3 is 4.74 Å². The SMILES string of the molecule is COc1ccc(-c2csc(NC(=O)c3ccc(-c4ccccc4)cc3)n2)cc1F. The molecule has 1 aromatic heterocycles. The van der Waals surface area contributed by atoms with Crippen molar-refractivity contribution in [1.82, 2.24) is 4.98 Å². The number of thiazole rings is 1. The van der Waals surface area contributed by atoms with E-state index in [2.05, 4.69) is 10.3 Å². The Morgan fingerprint density at radius 1 is 0.966 bits per heavy atom. The molecule has 0 bridgehead atoms. The number of hydrogen-bond acceptors (Lipinski definition) is 4. The summed E-state index contributed by atoms with van der Waals surface area (Å²) in [6.45, 7) is 0. The molecule has 0 aliphatic carbocycles. The molecule has 0 saturated carbocycles. The fourth-order valence-corrected chi connectivity index (χ4v) is 3.62. The molecule has 0 atom stereocenters. The van der Waals surface area contributed by atoms with Crippen LogP contribution in [0, 0.1) is 5.82 Å². The van der Waals surface area contributed by atoms with Crippen molar-refractivity contribution < 1.29 is 13.9 Å². The number of nitrogens with one attached hydrogen (secondary N) is 1. The van der Waals surface area contributed by atoms with E-state index >= 15 is 0 Å². The number of aromatic nitrogens is 1. The molecule has 0 aliphatic rings. The van der Waals surface area contributed by atoms with E-state index in [1.54, 1.807) is 29.6 Å². The van der Waals surface area contributed by atoms with Crippen molar-refractivity contribution >= 4 is 22.4 Å². The van der Waals surface area contributed by atoms with Crippen LogP contribution in [0.5, 0.6) is 5.75 Å². The molecular weight excluding hydrogens is 387 g/mol. The molecule has 0 fully saturated rings. The van der Waals surface area contributed by atoms with E-state index in [4.69, 9.17) is 4.74 Å². The summed E-state index contributed by atoms with van der Waals surface area (Å²) in [5, 5.41) is 5.02. The van der Waals surface area contributed by atoms with E-state index in [1.807, 2.05) is 42.5 Å². The zero-order valence-electron chi connectivity index (χ0n) is 15.6. The maximum Gasteiger partial charge on any atom is 0.257 e. The third kappa shape index (κ3) is 4.17. The topological polar surface area (TPSA) is 51.2 Å². The van der Waals surface area contributed by atoms with Gasteiger partial charge >= 0.3 is 0 Å². The molecule has 1 amide bonds. The zero-order valence-corrected chi connectivity index (χ0v) is 16.4. The molecule has 144 valence electrons.